The second-order valence-electron chi connectivity index (χ2n) is 5.63. The molecule has 2 heterocycles. The Hall–Kier alpha value is -3.34. The van der Waals surface area contributed by atoms with E-state index in [9.17, 15) is 27.6 Å². The standard InChI is InChI=1S/C17H12F3N3O4S/c18-17(19,20)9-2-1-8-5-12(22-11(8)6-9)16(26)27-7-13(24)23-15-10(14(21)25)3-4-28-15/h1-6,22H,7H2,(H2,21,25)(H,23,24). The second-order valence-corrected chi connectivity index (χ2v) is 6.55. The molecule has 0 aliphatic heterocycles. The maximum atomic E-state index is 12.7. The number of hydrogen-bond acceptors (Lipinski definition) is 5. The van der Waals surface area contributed by atoms with E-state index < -0.39 is 36.1 Å². The molecule has 3 aromatic rings. The van der Waals surface area contributed by atoms with Crippen LogP contribution in [0.3, 0.4) is 0 Å². The summed E-state index contributed by atoms with van der Waals surface area (Å²) in [6.45, 7) is -0.655. The number of halogens is 3. The molecule has 0 aliphatic carbocycles. The van der Waals surface area contributed by atoms with E-state index >= 15 is 0 Å². The number of ether oxygens (including phenoxy) is 1. The van der Waals surface area contributed by atoms with E-state index in [0.717, 1.165) is 23.5 Å². The third-order valence-electron chi connectivity index (χ3n) is 3.69. The zero-order chi connectivity index (χ0) is 20.5. The third-order valence-corrected chi connectivity index (χ3v) is 4.52. The van der Waals surface area contributed by atoms with Gasteiger partial charge in [0, 0.05) is 10.9 Å². The molecular formula is C17H12F3N3O4S. The van der Waals surface area contributed by atoms with Crippen LogP contribution in [0, 0.1) is 0 Å². The Bertz CT molecular complexity index is 1070. The Balaban J connectivity index is 1.65. The zero-order valence-corrected chi connectivity index (χ0v) is 14.7. The molecule has 2 aromatic heterocycles. The van der Waals surface area contributed by atoms with Crippen LogP contribution in [0.15, 0.2) is 35.7 Å². The Morgan fingerprint density at radius 2 is 1.93 bits per heavy atom. The number of nitrogens with one attached hydrogen (secondary N) is 2. The van der Waals surface area contributed by atoms with E-state index in [-0.39, 0.29) is 21.8 Å². The number of carbonyl (C=O) groups is 3. The van der Waals surface area contributed by atoms with Crippen molar-refractivity contribution in [3.8, 4) is 0 Å². The Morgan fingerprint density at radius 1 is 1.18 bits per heavy atom. The molecule has 1 aromatic carbocycles. The lowest BCUT2D eigenvalue weighted by molar-refractivity contribution is -0.137. The number of hydrogen-bond donors (Lipinski definition) is 3. The second kappa shape index (κ2) is 7.35. The van der Waals surface area contributed by atoms with Crippen LogP contribution < -0.4 is 11.1 Å². The number of amides is 2. The van der Waals surface area contributed by atoms with Gasteiger partial charge in [0.1, 0.15) is 10.7 Å². The summed E-state index contributed by atoms with van der Waals surface area (Å²) in [7, 11) is 0. The van der Waals surface area contributed by atoms with Gasteiger partial charge in [0.05, 0.1) is 11.1 Å². The molecule has 0 saturated heterocycles. The average molecular weight is 411 g/mol. The van der Waals surface area contributed by atoms with E-state index in [2.05, 4.69) is 10.3 Å². The SMILES string of the molecule is NC(=O)c1ccsc1NC(=O)COC(=O)c1cc2ccc(C(F)(F)F)cc2[nH]1. The van der Waals surface area contributed by atoms with Gasteiger partial charge in [-0.2, -0.15) is 13.2 Å². The summed E-state index contributed by atoms with van der Waals surface area (Å²) >= 11 is 1.07. The first kappa shape index (κ1) is 19.4. The lowest BCUT2D eigenvalue weighted by atomic mass is 10.1. The highest BCUT2D eigenvalue weighted by molar-refractivity contribution is 7.14. The number of rotatable bonds is 5. The van der Waals surface area contributed by atoms with Crippen LogP contribution >= 0.6 is 11.3 Å². The van der Waals surface area contributed by atoms with Crippen molar-refractivity contribution in [2.75, 3.05) is 11.9 Å². The van der Waals surface area contributed by atoms with Gasteiger partial charge >= 0.3 is 12.1 Å². The number of benzene rings is 1. The molecule has 0 aliphatic rings. The fourth-order valence-electron chi connectivity index (χ4n) is 2.39. The maximum absolute atomic E-state index is 12.7. The minimum absolute atomic E-state index is 0.101. The van der Waals surface area contributed by atoms with Crippen molar-refractivity contribution in [1.82, 2.24) is 4.98 Å². The number of primary amides is 1. The molecular weight excluding hydrogens is 399 g/mol. The molecule has 0 saturated carbocycles. The molecule has 28 heavy (non-hydrogen) atoms. The number of alkyl halides is 3. The van der Waals surface area contributed by atoms with E-state index in [1.807, 2.05) is 0 Å². The monoisotopic (exact) mass is 411 g/mol. The number of aromatic nitrogens is 1. The molecule has 0 radical (unpaired) electrons. The number of fused-ring (bicyclic) bond motifs is 1. The van der Waals surface area contributed by atoms with Gasteiger partial charge in [0.2, 0.25) is 0 Å². The van der Waals surface area contributed by atoms with Gasteiger partial charge in [-0.15, -0.1) is 11.3 Å². The van der Waals surface area contributed by atoms with Crippen LogP contribution in [0.4, 0.5) is 18.2 Å². The van der Waals surface area contributed by atoms with Gasteiger partial charge in [-0.25, -0.2) is 4.79 Å². The molecule has 7 nitrogen and oxygen atoms in total. The van der Waals surface area contributed by atoms with Crippen molar-refractivity contribution in [3.63, 3.8) is 0 Å². The summed E-state index contributed by atoms with van der Waals surface area (Å²) in [5.74, 6) is -2.33. The molecule has 0 fully saturated rings. The molecule has 146 valence electrons. The van der Waals surface area contributed by atoms with Crippen molar-refractivity contribution < 1.29 is 32.3 Å². The van der Waals surface area contributed by atoms with Crippen LogP contribution in [0.5, 0.6) is 0 Å². The summed E-state index contributed by atoms with van der Waals surface area (Å²) in [6, 6.07) is 5.76. The highest BCUT2D eigenvalue weighted by atomic mass is 32.1. The summed E-state index contributed by atoms with van der Waals surface area (Å²) in [5.41, 5.74) is 4.44. The average Bonchev–Trinajstić information content (AvgIpc) is 3.24. The highest BCUT2D eigenvalue weighted by Crippen LogP contribution is 2.31. The summed E-state index contributed by atoms with van der Waals surface area (Å²) in [4.78, 5) is 37.7. The predicted molar refractivity (Wildman–Crippen MR) is 95.0 cm³/mol. The van der Waals surface area contributed by atoms with Gasteiger partial charge < -0.3 is 20.8 Å². The fourth-order valence-corrected chi connectivity index (χ4v) is 3.19. The minimum Gasteiger partial charge on any atom is -0.451 e. The molecule has 3 rings (SSSR count). The normalized spacial score (nSPS) is 11.4. The molecule has 4 N–H and O–H groups in total. The third kappa shape index (κ3) is 4.14. The van der Waals surface area contributed by atoms with Gasteiger partial charge in [-0.3, -0.25) is 9.59 Å². The van der Waals surface area contributed by atoms with Crippen LogP contribution in [0.1, 0.15) is 26.4 Å². The largest absolute Gasteiger partial charge is 0.451 e. The van der Waals surface area contributed by atoms with Gasteiger partial charge in [-0.05, 0) is 29.6 Å². The van der Waals surface area contributed by atoms with Crippen LogP contribution in [-0.2, 0) is 15.7 Å². The molecule has 11 heteroatoms. The zero-order valence-electron chi connectivity index (χ0n) is 13.9. The molecule has 0 spiro atoms. The van der Waals surface area contributed by atoms with E-state index in [1.165, 1.54) is 18.2 Å². The lowest BCUT2D eigenvalue weighted by Crippen LogP contribution is -2.22. The molecule has 2 amide bonds. The summed E-state index contributed by atoms with van der Waals surface area (Å²) in [6.07, 6.45) is -4.51. The quantitative estimate of drug-likeness (QED) is 0.560. The predicted octanol–water partition coefficient (Wildman–Crippen LogP) is 3.14. The van der Waals surface area contributed by atoms with Gasteiger partial charge in [0.15, 0.2) is 6.61 Å². The number of aromatic amines is 1. The smallest absolute Gasteiger partial charge is 0.416 e. The Kier molecular flexibility index (Phi) is 5.10. The number of thiophene rings is 1. The first-order valence-electron chi connectivity index (χ1n) is 7.69. The first-order chi connectivity index (χ1) is 13.1. The maximum Gasteiger partial charge on any atom is 0.416 e. The first-order valence-corrected chi connectivity index (χ1v) is 8.57. The number of esters is 1. The van der Waals surface area contributed by atoms with Gasteiger partial charge in [0.25, 0.3) is 11.8 Å². The number of nitrogens with two attached hydrogens (primary N) is 1. The van der Waals surface area contributed by atoms with Crippen LogP contribution in [0.2, 0.25) is 0 Å². The molecule has 0 bridgehead atoms. The topological polar surface area (TPSA) is 114 Å². The van der Waals surface area contributed by atoms with Crippen LogP contribution in [-0.4, -0.2) is 29.4 Å². The van der Waals surface area contributed by atoms with E-state index in [0.29, 0.717) is 5.39 Å². The molecule has 0 atom stereocenters. The number of H-pyrrole nitrogens is 1. The summed E-state index contributed by atoms with van der Waals surface area (Å²) < 4.78 is 43.1. The van der Waals surface area contributed by atoms with Crippen molar-refractivity contribution >= 4 is 45.0 Å². The Morgan fingerprint density at radius 3 is 2.61 bits per heavy atom. The summed E-state index contributed by atoms with van der Waals surface area (Å²) in [5, 5.41) is 4.56. The van der Waals surface area contributed by atoms with E-state index in [1.54, 1.807) is 5.38 Å². The number of anilines is 1. The van der Waals surface area contributed by atoms with Gasteiger partial charge in [-0.1, -0.05) is 6.07 Å². The van der Waals surface area contributed by atoms with Crippen LogP contribution in [0.25, 0.3) is 10.9 Å². The van der Waals surface area contributed by atoms with Crippen molar-refractivity contribution in [1.29, 1.82) is 0 Å². The fraction of sp³-hybridized carbons (Fsp3) is 0.118. The number of carbonyl (C=O) groups excluding carboxylic acids is 3. The van der Waals surface area contributed by atoms with Crippen molar-refractivity contribution in [2.45, 2.75) is 6.18 Å². The van der Waals surface area contributed by atoms with Crippen molar-refractivity contribution in [2.24, 2.45) is 5.73 Å². The molecule has 0 unspecified atom stereocenters. The Labute approximate surface area is 159 Å². The lowest BCUT2D eigenvalue weighted by Gasteiger charge is -2.05. The van der Waals surface area contributed by atoms with E-state index in [4.69, 9.17) is 10.5 Å². The van der Waals surface area contributed by atoms with Crippen molar-refractivity contribution in [3.05, 3.63) is 52.5 Å². The highest BCUT2D eigenvalue weighted by Gasteiger charge is 2.30. The minimum atomic E-state index is -4.51.